The highest BCUT2D eigenvalue weighted by atomic mass is 16.5. The molecule has 29 heavy (non-hydrogen) atoms. The van der Waals surface area contributed by atoms with Crippen LogP contribution < -0.4 is 10.1 Å². The fraction of sp³-hybridized carbons (Fsp3) is 0.636. The van der Waals surface area contributed by atoms with Gasteiger partial charge in [-0.25, -0.2) is 0 Å². The second-order valence-corrected chi connectivity index (χ2v) is 8.37. The van der Waals surface area contributed by atoms with Gasteiger partial charge >= 0.3 is 0 Å². The number of benzene rings is 1. The summed E-state index contributed by atoms with van der Waals surface area (Å²) in [5.74, 6) is 1.14. The minimum Gasteiger partial charge on any atom is -0.497 e. The Kier molecular flexibility index (Phi) is 7.14. The number of methoxy groups -OCH3 is 1. The number of rotatable bonds is 6. The van der Waals surface area contributed by atoms with Crippen molar-refractivity contribution in [3.05, 3.63) is 29.8 Å². The highest BCUT2D eigenvalue weighted by Gasteiger charge is 2.41. The molecule has 2 fully saturated rings. The van der Waals surface area contributed by atoms with Gasteiger partial charge in [-0.05, 0) is 44.0 Å². The Morgan fingerprint density at radius 2 is 1.90 bits per heavy atom. The molecule has 2 aliphatic heterocycles. The van der Waals surface area contributed by atoms with E-state index >= 15 is 0 Å². The van der Waals surface area contributed by atoms with Crippen molar-refractivity contribution >= 4 is 11.8 Å². The lowest BCUT2D eigenvalue weighted by Gasteiger charge is -2.49. The second-order valence-electron chi connectivity index (χ2n) is 8.37. The monoisotopic (exact) mass is 402 g/mol. The molecule has 0 saturated carbocycles. The number of nitrogens with zero attached hydrogens (tertiary/aromatic N) is 3. The van der Waals surface area contributed by atoms with Crippen LogP contribution in [0.2, 0.25) is 0 Å². The van der Waals surface area contributed by atoms with E-state index in [1.54, 1.807) is 7.11 Å². The Bertz CT molecular complexity index is 709. The molecule has 2 saturated heterocycles. The molecular formula is C22H34N4O3. The maximum atomic E-state index is 12.5. The number of amides is 2. The lowest BCUT2D eigenvalue weighted by molar-refractivity contribution is -0.129. The number of carbonyl (C=O) groups excluding carboxylic acids is 2. The van der Waals surface area contributed by atoms with Crippen LogP contribution in [0.5, 0.6) is 5.75 Å². The summed E-state index contributed by atoms with van der Waals surface area (Å²) in [5.41, 5.74) is 1.17. The minimum absolute atomic E-state index is 0.0119. The molecule has 1 atom stereocenters. The quantitative estimate of drug-likeness (QED) is 0.769. The zero-order chi connectivity index (χ0) is 20.9. The molecule has 0 bridgehead atoms. The van der Waals surface area contributed by atoms with Crippen molar-refractivity contribution in [2.24, 2.45) is 0 Å². The highest BCUT2D eigenvalue weighted by Crippen LogP contribution is 2.31. The van der Waals surface area contributed by atoms with Crippen molar-refractivity contribution in [1.29, 1.82) is 0 Å². The number of carbonyl (C=O) groups is 2. The van der Waals surface area contributed by atoms with E-state index in [9.17, 15) is 9.59 Å². The lowest BCUT2D eigenvalue weighted by atomic mass is 9.86. The number of nitrogens with one attached hydrogen (secondary N) is 1. The van der Waals surface area contributed by atoms with Gasteiger partial charge in [0.15, 0.2) is 0 Å². The highest BCUT2D eigenvalue weighted by molar-refractivity contribution is 5.78. The van der Waals surface area contributed by atoms with Crippen LogP contribution in [0.25, 0.3) is 0 Å². The van der Waals surface area contributed by atoms with E-state index in [4.69, 9.17) is 4.74 Å². The van der Waals surface area contributed by atoms with Gasteiger partial charge in [0.25, 0.3) is 0 Å². The third-order valence-electron chi connectivity index (χ3n) is 6.48. The zero-order valence-electron chi connectivity index (χ0n) is 17.9. The molecule has 0 radical (unpaired) electrons. The summed E-state index contributed by atoms with van der Waals surface area (Å²) in [6, 6.07) is 7.94. The summed E-state index contributed by atoms with van der Waals surface area (Å²) in [5, 5.41) is 3.05. The fourth-order valence-electron chi connectivity index (χ4n) is 4.37. The molecular weight excluding hydrogens is 368 g/mol. The van der Waals surface area contributed by atoms with Crippen molar-refractivity contribution < 1.29 is 14.3 Å². The smallest absolute Gasteiger partial charge is 0.234 e. The van der Waals surface area contributed by atoms with E-state index in [0.717, 1.165) is 51.2 Å². The Morgan fingerprint density at radius 3 is 2.62 bits per heavy atom. The zero-order valence-corrected chi connectivity index (χ0v) is 17.9. The van der Waals surface area contributed by atoms with Gasteiger partial charge in [0.05, 0.1) is 13.7 Å². The van der Waals surface area contributed by atoms with Crippen LogP contribution in [0.1, 0.15) is 24.8 Å². The average Bonchev–Trinajstić information content (AvgIpc) is 2.86. The summed E-state index contributed by atoms with van der Waals surface area (Å²) in [6.45, 7) is 4.48. The SMILES string of the molecule is COc1ccc(CCNC(=O)CN2CCN(C)[C@@]3(CCC(=O)N(C)CC3)C2)cc1. The molecule has 1 N–H and O–H groups in total. The van der Waals surface area contributed by atoms with E-state index in [1.165, 1.54) is 5.56 Å². The topological polar surface area (TPSA) is 65.1 Å². The molecule has 7 heteroatoms. The maximum Gasteiger partial charge on any atom is 0.234 e. The number of piperazine rings is 1. The van der Waals surface area contributed by atoms with Gasteiger partial charge in [0.2, 0.25) is 11.8 Å². The molecule has 0 unspecified atom stereocenters. The summed E-state index contributed by atoms with van der Waals surface area (Å²) < 4.78 is 5.17. The van der Waals surface area contributed by atoms with Gasteiger partial charge in [-0.15, -0.1) is 0 Å². The summed E-state index contributed by atoms with van der Waals surface area (Å²) in [6.07, 6.45) is 3.21. The Balaban J connectivity index is 1.47. The van der Waals surface area contributed by atoms with E-state index in [2.05, 4.69) is 22.2 Å². The largest absolute Gasteiger partial charge is 0.497 e. The first-order chi connectivity index (χ1) is 13.9. The van der Waals surface area contributed by atoms with Crippen molar-refractivity contribution in [1.82, 2.24) is 20.0 Å². The van der Waals surface area contributed by atoms with Gasteiger partial charge in [-0.1, -0.05) is 12.1 Å². The molecule has 0 aliphatic carbocycles. The van der Waals surface area contributed by atoms with Crippen LogP contribution in [0, 0.1) is 0 Å². The van der Waals surface area contributed by atoms with Crippen molar-refractivity contribution in [2.75, 3.05) is 60.5 Å². The van der Waals surface area contributed by atoms with E-state index in [0.29, 0.717) is 19.5 Å². The van der Waals surface area contributed by atoms with Gasteiger partial charge in [0, 0.05) is 51.7 Å². The third-order valence-corrected chi connectivity index (χ3v) is 6.48. The van der Waals surface area contributed by atoms with E-state index < -0.39 is 0 Å². The molecule has 1 aromatic carbocycles. The molecule has 1 spiro atoms. The number of likely N-dealkylation sites (tertiary alicyclic amines) is 1. The molecule has 2 aliphatic rings. The predicted molar refractivity (Wildman–Crippen MR) is 113 cm³/mol. The van der Waals surface area contributed by atoms with Gasteiger partial charge in [-0.2, -0.15) is 0 Å². The molecule has 2 heterocycles. The van der Waals surface area contributed by atoms with Crippen LogP contribution in [-0.4, -0.2) is 92.5 Å². The third kappa shape index (κ3) is 5.48. The molecule has 7 nitrogen and oxygen atoms in total. The molecule has 160 valence electrons. The van der Waals surface area contributed by atoms with Gasteiger partial charge in [-0.3, -0.25) is 19.4 Å². The summed E-state index contributed by atoms with van der Waals surface area (Å²) >= 11 is 0. The molecule has 2 amide bonds. The van der Waals surface area contributed by atoms with Crippen molar-refractivity contribution in [3.63, 3.8) is 0 Å². The van der Waals surface area contributed by atoms with Crippen molar-refractivity contribution in [2.45, 2.75) is 31.2 Å². The predicted octanol–water partition coefficient (Wildman–Crippen LogP) is 0.982. The Hall–Kier alpha value is -2.12. The Labute approximate surface area is 174 Å². The van der Waals surface area contributed by atoms with Gasteiger partial charge in [0.1, 0.15) is 5.75 Å². The molecule has 1 aromatic rings. The van der Waals surface area contributed by atoms with Crippen LogP contribution in [0.15, 0.2) is 24.3 Å². The maximum absolute atomic E-state index is 12.5. The average molecular weight is 403 g/mol. The summed E-state index contributed by atoms with van der Waals surface area (Å²) in [7, 11) is 5.70. The summed E-state index contributed by atoms with van der Waals surface area (Å²) in [4.78, 5) is 31.1. The number of ether oxygens (including phenoxy) is 1. The van der Waals surface area contributed by atoms with Crippen LogP contribution in [-0.2, 0) is 16.0 Å². The second kappa shape index (κ2) is 9.59. The Morgan fingerprint density at radius 1 is 1.14 bits per heavy atom. The van der Waals surface area contributed by atoms with Crippen LogP contribution in [0.4, 0.5) is 0 Å². The van der Waals surface area contributed by atoms with Crippen LogP contribution >= 0.6 is 0 Å². The van der Waals surface area contributed by atoms with E-state index in [-0.39, 0.29) is 17.4 Å². The first-order valence-corrected chi connectivity index (χ1v) is 10.5. The lowest BCUT2D eigenvalue weighted by Crippen LogP contribution is -2.62. The standard InChI is InChI=1S/C22H34N4O3/c1-24-13-11-22(10-8-21(24)28)17-26(15-14-25(22)2)16-20(27)23-12-9-18-4-6-19(29-3)7-5-18/h4-7H,8-17H2,1-3H3,(H,23,27)/t22-/m1/s1. The van der Waals surface area contributed by atoms with Crippen LogP contribution in [0.3, 0.4) is 0 Å². The number of hydrogen-bond donors (Lipinski definition) is 1. The van der Waals surface area contributed by atoms with E-state index in [1.807, 2.05) is 36.2 Å². The normalized spacial score (nSPS) is 23.8. The van der Waals surface area contributed by atoms with Gasteiger partial charge < -0.3 is 15.0 Å². The molecule has 3 rings (SSSR count). The van der Waals surface area contributed by atoms with Crippen molar-refractivity contribution in [3.8, 4) is 5.75 Å². The first kappa shape index (κ1) is 21.6. The number of hydrogen-bond acceptors (Lipinski definition) is 5. The number of likely N-dealkylation sites (N-methyl/N-ethyl adjacent to an activating group) is 1. The fourth-order valence-corrected chi connectivity index (χ4v) is 4.37. The molecule has 0 aromatic heterocycles. The first-order valence-electron chi connectivity index (χ1n) is 10.5. The minimum atomic E-state index is -0.0119.